The predicted octanol–water partition coefficient (Wildman–Crippen LogP) is 3.82. The number of nitrogens with zero attached hydrogens (tertiary/aromatic N) is 3. The second kappa shape index (κ2) is 10.5. The van der Waals surface area contributed by atoms with Crippen LogP contribution in [0.5, 0.6) is 5.75 Å². The van der Waals surface area contributed by atoms with E-state index in [9.17, 15) is 9.59 Å². The minimum absolute atomic E-state index is 0.101. The van der Waals surface area contributed by atoms with Crippen molar-refractivity contribution >= 4 is 22.7 Å². The number of primary amides is 1. The number of methoxy groups -OCH3 is 1. The summed E-state index contributed by atoms with van der Waals surface area (Å²) in [6.07, 6.45) is 5.10. The molecule has 1 saturated heterocycles. The molecular weight excluding hydrogens is 440 g/mol. The van der Waals surface area contributed by atoms with Gasteiger partial charge in [0.25, 0.3) is 0 Å². The van der Waals surface area contributed by atoms with Crippen molar-refractivity contribution in [1.29, 1.82) is 0 Å². The highest BCUT2D eigenvalue weighted by Crippen LogP contribution is 2.30. The highest BCUT2D eigenvalue weighted by Gasteiger charge is 2.23. The molecule has 1 aliphatic rings. The van der Waals surface area contributed by atoms with Crippen molar-refractivity contribution in [3.63, 3.8) is 0 Å². The highest BCUT2D eigenvalue weighted by atomic mass is 16.5. The molecule has 0 bridgehead atoms. The largest absolute Gasteiger partial charge is 0.496 e. The molecular formula is C28H36N4O3. The summed E-state index contributed by atoms with van der Waals surface area (Å²) in [5.74, 6) is 0.396. The van der Waals surface area contributed by atoms with Crippen molar-refractivity contribution in [3.05, 3.63) is 65.4 Å². The van der Waals surface area contributed by atoms with E-state index in [1.54, 1.807) is 32.2 Å². The van der Waals surface area contributed by atoms with E-state index in [0.717, 1.165) is 66.7 Å². The van der Waals surface area contributed by atoms with E-state index in [-0.39, 0.29) is 11.8 Å². The summed E-state index contributed by atoms with van der Waals surface area (Å²) in [4.78, 5) is 28.2. The average Bonchev–Trinajstić information content (AvgIpc) is 3.30. The number of ether oxygens (including phenoxy) is 1. The second-order valence-corrected chi connectivity index (χ2v) is 9.71. The fourth-order valence-electron chi connectivity index (χ4n) is 5.11. The van der Waals surface area contributed by atoms with Gasteiger partial charge in [-0.05, 0) is 67.0 Å². The molecule has 2 aromatic carbocycles. The van der Waals surface area contributed by atoms with Crippen LogP contribution in [0, 0.1) is 0 Å². The standard InChI is InChI=1S/C28H36N4O3/c1-19(28(34)30(2)3)21-7-8-26(35-4)22(17-21)9-13-31-14-11-24(12-15-31)32-16-10-20-5-6-23(27(29)33)18-25(20)32/h5-8,10,16-19,24H,9,11-15H2,1-4H3,(H2,29,33). The van der Waals surface area contributed by atoms with E-state index in [4.69, 9.17) is 10.5 Å². The fraction of sp³-hybridized carbons (Fsp3) is 0.429. The Labute approximate surface area is 207 Å². The molecule has 3 aromatic rings. The first kappa shape index (κ1) is 24.8. The summed E-state index contributed by atoms with van der Waals surface area (Å²) < 4.78 is 7.91. The number of carbonyl (C=O) groups excluding carboxylic acids is 2. The van der Waals surface area contributed by atoms with Gasteiger partial charge in [-0.3, -0.25) is 9.59 Å². The SMILES string of the molecule is COc1ccc(C(C)C(=O)N(C)C)cc1CCN1CCC(n2ccc3ccc(C(N)=O)cc32)CC1. The lowest BCUT2D eigenvalue weighted by Gasteiger charge is -2.33. The van der Waals surface area contributed by atoms with E-state index < -0.39 is 5.91 Å². The van der Waals surface area contributed by atoms with Gasteiger partial charge in [0.05, 0.1) is 13.0 Å². The van der Waals surface area contributed by atoms with Gasteiger partial charge in [0.2, 0.25) is 11.8 Å². The van der Waals surface area contributed by atoms with Crippen LogP contribution in [0.2, 0.25) is 0 Å². The molecule has 7 heteroatoms. The Kier molecular flexibility index (Phi) is 7.45. The van der Waals surface area contributed by atoms with Crippen molar-refractivity contribution in [3.8, 4) is 5.75 Å². The topological polar surface area (TPSA) is 80.8 Å². The number of amides is 2. The van der Waals surface area contributed by atoms with Crippen LogP contribution in [0.1, 0.15) is 53.2 Å². The van der Waals surface area contributed by atoms with Gasteiger partial charge in [-0.15, -0.1) is 0 Å². The molecule has 35 heavy (non-hydrogen) atoms. The Bertz CT molecular complexity index is 1210. The molecule has 0 radical (unpaired) electrons. The number of hydrogen-bond acceptors (Lipinski definition) is 4. The first-order valence-electron chi connectivity index (χ1n) is 12.3. The Hall–Kier alpha value is -3.32. The third kappa shape index (κ3) is 5.35. The monoisotopic (exact) mass is 476 g/mol. The van der Waals surface area contributed by atoms with Crippen molar-refractivity contribution in [2.24, 2.45) is 5.73 Å². The Morgan fingerprint density at radius 3 is 2.51 bits per heavy atom. The molecule has 2 amide bonds. The van der Waals surface area contributed by atoms with Gasteiger partial charge >= 0.3 is 0 Å². The molecule has 4 rings (SSSR count). The third-order valence-electron chi connectivity index (χ3n) is 7.27. The first-order chi connectivity index (χ1) is 16.8. The first-order valence-corrected chi connectivity index (χ1v) is 12.3. The summed E-state index contributed by atoms with van der Waals surface area (Å²) in [7, 11) is 5.28. The van der Waals surface area contributed by atoms with Gasteiger partial charge < -0.3 is 24.8 Å². The van der Waals surface area contributed by atoms with Crippen molar-refractivity contribution < 1.29 is 14.3 Å². The molecule has 0 aliphatic carbocycles. The molecule has 1 atom stereocenters. The van der Waals surface area contributed by atoms with E-state index in [1.807, 2.05) is 31.2 Å². The maximum Gasteiger partial charge on any atom is 0.248 e. The number of aromatic nitrogens is 1. The normalized spacial score (nSPS) is 15.8. The molecule has 1 aliphatic heterocycles. The average molecular weight is 477 g/mol. The van der Waals surface area contributed by atoms with Crippen LogP contribution in [0.15, 0.2) is 48.7 Å². The number of piperidine rings is 1. The Balaban J connectivity index is 1.40. The molecule has 1 unspecified atom stereocenters. The lowest BCUT2D eigenvalue weighted by atomic mass is 9.96. The second-order valence-electron chi connectivity index (χ2n) is 9.71. The van der Waals surface area contributed by atoms with Crippen molar-refractivity contribution in [1.82, 2.24) is 14.4 Å². The van der Waals surface area contributed by atoms with Gasteiger partial charge in [0.1, 0.15) is 5.75 Å². The molecule has 1 fully saturated rings. The Morgan fingerprint density at radius 2 is 1.86 bits per heavy atom. The van der Waals surface area contributed by atoms with Crippen LogP contribution in [-0.4, -0.2) is 67.0 Å². The van der Waals surface area contributed by atoms with Crippen LogP contribution in [-0.2, 0) is 11.2 Å². The molecule has 7 nitrogen and oxygen atoms in total. The van der Waals surface area contributed by atoms with E-state index in [2.05, 4.69) is 27.8 Å². The summed E-state index contributed by atoms with van der Waals surface area (Å²) in [5.41, 5.74) is 9.28. The smallest absolute Gasteiger partial charge is 0.248 e. The molecule has 2 heterocycles. The van der Waals surface area contributed by atoms with E-state index in [0.29, 0.717) is 11.6 Å². The number of likely N-dealkylation sites (N-methyl/N-ethyl adjacent to an activating group) is 1. The van der Waals surface area contributed by atoms with Crippen LogP contribution >= 0.6 is 0 Å². The van der Waals surface area contributed by atoms with Gasteiger partial charge in [0.15, 0.2) is 0 Å². The quantitative estimate of drug-likeness (QED) is 0.536. The number of nitrogens with two attached hydrogens (primary N) is 1. The van der Waals surface area contributed by atoms with Gasteiger partial charge in [-0.25, -0.2) is 0 Å². The number of fused-ring (bicyclic) bond motifs is 1. The predicted molar refractivity (Wildman–Crippen MR) is 139 cm³/mol. The zero-order valence-electron chi connectivity index (χ0n) is 21.2. The lowest BCUT2D eigenvalue weighted by molar-refractivity contribution is -0.129. The fourth-order valence-corrected chi connectivity index (χ4v) is 5.11. The summed E-state index contributed by atoms with van der Waals surface area (Å²) in [6.45, 7) is 4.92. The van der Waals surface area contributed by atoms with Crippen molar-refractivity contribution in [2.75, 3.05) is 40.8 Å². The van der Waals surface area contributed by atoms with E-state index in [1.165, 1.54) is 0 Å². The third-order valence-corrected chi connectivity index (χ3v) is 7.27. The summed E-state index contributed by atoms with van der Waals surface area (Å²) >= 11 is 0. The van der Waals surface area contributed by atoms with Gasteiger partial charge in [-0.1, -0.05) is 18.2 Å². The zero-order chi connectivity index (χ0) is 25.1. The molecule has 1 aromatic heterocycles. The number of hydrogen-bond donors (Lipinski definition) is 1. The maximum absolute atomic E-state index is 12.4. The summed E-state index contributed by atoms with van der Waals surface area (Å²) in [5, 5.41) is 1.13. The zero-order valence-corrected chi connectivity index (χ0v) is 21.2. The van der Waals surface area contributed by atoms with Crippen LogP contribution in [0.25, 0.3) is 10.9 Å². The number of benzene rings is 2. The molecule has 2 N–H and O–H groups in total. The summed E-state index contributed by atoms with van der Waals surface area (Å²) in [6, 6.07) is 14.3. The Morgan fingerprint density at radius 1 is 1.11 bits per heavy atom. The van der Waals surface area contributed by atoms with Gasteiger partial charge in [-0.2, -0.15) is 0 Å². The maximum atomic E-state index is 12.4. The lowest BCUT2D eigenvalue weighted by Crippen LogP contribution is -2.35. The van der Waals surface area contributed by atoms with Crippen LogP contribution < -0.4 is 10.5 Å². The minimum Gasteiger partial charge on any atom is -0.496 e. The van der Waals surface area contributed by atoms with Crippen LogP contribution in [0.4, 0.5) is 0 Å². The minimum atomic E-state index is -0.394. The molecule has 0 spiro atoms. The molecule has 0 saturated carbocycles. The number of likely N-dealkylation sites (tertiary alicyclic amines) is 1. The number of carbonyl (C=O) groups is 2. The number of rotatable bonds is 8. The highest BCUT2D eigenvalue weighted by molar-refractivity contribution is 5.97. The van der Waals surface area contributed by atoms with Crippen molar-refractivity contribution in [2.45, 2.75) is 38.1 Å². The van der Waals surface area contributed by atoms with Crippen LogP contribution in [0.3, 0.4) is 0 Å². The van der Waals surface area contributed by atoms with Gasteiger partial charge in [0, 0.05) is 57.0 Å². The molecule has 186 valence electrons. The van der Waals surface area contributed by atoms with E-state index >= 15 is 0 Å².